The number of hydrogen-bond acceptors (Lipinski definition) is 3. The lowest BCUT2D eigenvalue weighted by atomic mass is 10.3. The summed E-state index contributed by atoms with van der Waals surface area (Å²) >= 11 is 0. The fourth-order valence-electron chi connectivity index (χ4n) is 0.638. The van der Waals surface area contributed by atoms with Crippen LogP contribution in [0.1, 0.15) is 13.8 Å². The SMILES string of the molecule is CC(C)N(C)C(=O)CNN(C)C. The third kappa shape index (κ3) is 4.31. The van der Waals surface area contributed by atoms with Crippen molar-refractivity contribution < 1.29 is 4.79 Å². The number of carbonyl (C=O) groups is 1. The molecule has 12 heavy (non-hydrogen) atoms. The Hall–Kier alpha value is -0.610. The predicted octanol–water partition coefficient (Wildman–Crippen LogP) is -0.0806. The smallest absolute Gasteiger partial charge is 0.237 e. The molecular weight excluding hydrogens is 154 g/mol. The van der Waals surface area contributed by atoms with E-state index >= 15 is 0 Å². The van der Waals surface area contributed by atoms with Crippen LogP contribution in [-0.2, 0) is 4.79 Å². The lowest BCUT2D eigenvalue weighted by molar-refractivity contribution is -0.131. The number of nitrogens with one attached hydrogen (secondary N) is 1. The van der Waals surface area contributed by atoms with Crippen LogP contribution in [0.25, 0.3) is 0 Å². The molecule has 0 aromatic carbocycles. The van der Waals surface area contributed by atoms with Crippen LogP contribution in [0.3, 0.4) is 0 Å². The molecule has 0 saturated carbocycles. The Morgan fingerprint density at radius 3 is 2.17 bits per heavy atom. The van der Waals surface area contributed by atoms with Gasteiger partial charge < -0.3 is 4.90 Å². The Labute approximate surface area is 74.5 Å². The van der Waals surface area contributed by atoms with Crippen LogP contribution < -0.4 is 5.43 Å². The third-order valence-electron chi connectivity index (χ3n) is 1.71. The summed E-state index contributed by atoms with van der Waals surface area (Å²) in [4.78, 5) is 13.0. The number of rotatable bonds is 4. The van der Waals surface area contributed by atoms with Crippen LogP contribution >= 0.6 is 0 Å². The van der Waals surface area contributed by atoms with E-state index in [1.807, 2.05) is 35.0 Å². The molecule has 0 saturated heterocycles. The summed E-state index contributed by atoms with van der Waals surface area (Å²) < 4.78 is 0. The van der Waals surface area contributed by atoms with Crippen molar-refractivity contribution in [3.05, 3.63) is 0 Å². The molecule has 0 aromatic rings. The minimum absolute atomic E-state index is 0.110. The second-order valence-corrected chi connectivity index (χ2v) is 3.33. The molecule has 0 spiro atoms. The Bertz CT molecular complexity index is 145. The number of hydrazine groups is 1. The van der Waals surface area contributed by atoms with Crippen LogP contribution in [0.15, 0.2) is 0 Å². The van der Waals surface area contributed by atoms with E-state index in [9.17, 15) is 4.79 Å². The van der Waals surface area contributed by atoms with E-state index in [-0.39, 0.29) is 11.9 Å². The number of carbonyl (C=O) groups excluding carboxylic acids is 1. The summed E-state index contributed by atoms with van der Waals surface area (Å²) in [5, 5.41) is 1.77. The summed E-state index contributed by atoms with van der Waals surface area (Å²) in [5.74, 6) is 0.110. The monoisotopic (exact) mass is 173 g/mol. The van der Waals surface area contributed by atoms with Crippen molar-refractivity contribution in [2.24, 2.45) is 0 Å². The average Bonchev–Trinajstić information content (AvgIpc) is 1.98. The summed E-state index contributed by atoms with van der Waals surface area (Å²) in [7, 11) is 5.54. The maximum Gasteiger partial charge on any atom is 0.237 e. The second kappa shape index (κ2) is 5.11. The van der Waals surface area contributed by atoms with E-state index < -0.39 is 0 Å². The lowest BCUT2D eigenvalue weighted by Gasteiger charge is -2.22. The van der Waals surface area contributed by atoms with Crippen LogP contribution in [0.5, 0.6) is 0 Å². The lowest BCUT2D eigenvalue weighted by Crippen LogP contribution is -2.43. The summed E-state index contributed by atoms with van der Waals surface area (Å²) in [6.45, 7) is 4.35. The molecule has 0 aromatic heterocycles. The molecule has 0 unspecified atom stereocenters. The van der Waals surface area contributed by atoms with Gasteiger partial charge in [0.15, 0.2) is 0 Å². The standard InChI is InChI=1S/C8H19N3O/c1-7(2)11(5)8(12)6-9-10(3)4/h7,9H,6H2,1-5H3. The van der Waals surface area contributed by atoms with Gasteiger partial charge in [-0.05, 0) is 13.8 Å². The second-order valence-electron chi connectivity index (χ2n) is 3.33. The van der Waals surface area contributed by atoms with E-state index in [0.29, 0.717) is 6.54 Å². The first-order valence-corrected chi connectivity index (χ1v) is 4.11. The van der Waals surface area contributed by atoms with Gasteiger partial charge >= 0.3 is 0 Å². The molecule has 0 radical (unpaired) electrons. The highest BCUT2D eigenvalue weighted by Crippen LogP contribution is 1.92. The van der Waals surface area contributed by atoms with E-state index in [4.69, 9.17) is 0 Å². The van der Waals surface area contributed by atoms with Crippen molar-refractivity contribution in [2.75, 3.05) is 27.7 Å². The molecule has 0 atom stereocenters. The number of amides is 1. The van der Waals surface area contributed by atoms with Gasteiger partial charge in [0.2, 0.25) is 5.91 Å². The Morgan fingerprint density at radius 1 is 1.33 bits per heavy atom. The first-order chi connectivity index (χ1) is 5.45. The molecule has 1 N–H and O–H groups in total. The van der Waals surface area contributed by atoms with Crippen LogP contribution in [0, 0.1) is 0 Å². The minimum atomic E-state index is 0.110. The highest BCUT2D eigenvalue weighted by Gasteiger charge is 2.10. The Balaban J connectivity index is 3.72. The normalized spacial score (nSPS) is 10.9. The zero-order chi connectivity index (χ0) is 9.72. The molecule has 1 amide bonds. The van der Waals surface area contributed by atoms with Crippen molar-refractivity contribution in [1.29, 1.82) is 0 Å². The van der Waals surface area contributed by atoms with E-state index in [1.54, 1.807) is 9.91 Å². The molecule has 72 valence electrons. The van der Waals surface area contributed by atoms with Gasteiger partial charge in [0, 0.05) is 27.2 Å². The highest BCUT2D eigenvalue weighted by atomic mass is 16.2. The predicted molar refractivity (Wildman–Crippen MR) is 49.6 cm³/mol. The van der Waals surface area contributed by atoms with Gasteiger partial charge in [-0.1, -0.05) is 0 Å². The van der Waals surface area contributed by atoms with Gasteiger partial charge in [0.05, 0.1) is 6.54 Å². The van der Waals surface area contributed by atoms with Gasteiger partial charge in [-0.3, -0.25) is 9.80 Å². The highest BCUT2D eigenvalue weighted by molar-refractivity contribution is 5.78. The number of hydrogen-bond donors (Lipinski definition) is 1. The first kappa shape index (κ1) is 11.4. The maximum atomic E-state index is 11.3. The topological polar surface area (TPSA) is 35.6 Å². The van der Waals surface area contributed by atoms with Gasteiger partial charge in [-0.15, -0.1) is 0 Å². The van der Waals surface area contributed by atoms with Crippen molar-refractivity contribution in [1.82, 2.24) is 15.3 Å². The molecule has 4 heteroatoms. The minimum Gasteiger partial charge on any atom is -0.342 e. The Morgan fingerprint density at radius 2 is 1.83 bits per heavy atom. The molecule has 0 fully saturated rings. The van der Waals surface area contributed by atoms with E-state index in [1.165, 1.54) is 0 Å². The quantitative estimate of drug-likeness (QED) is 0.604. The van der Waals surface area contributed by atoms with E-state index in [0.717, 1.165) is 0 Å². The Kier molecular flexibility index (Phi) is 4.85. The molecular formula is C8H19N3O. The van der Waals surface area contributed by atoms with Crippen molar-refractivity contribution >= 4 is 5.91 Å². The molecule has 4 nitrogen and oxygen atoms in total. The molecule has 0 rings (SSSR count). The molecule has 0 aliphatic carbocycles. The molecule has 0 aliphatic heterocycles. The summed E-state index contributed by atoms with van der Waals surface area (Å²) in [5.41, 5.74) is 2.92. The first-order valence-electron chi connectivity index (χ1n) is 4.11. The number of nitrogens with zero attached hydrogens (tertiary/aromatic N) is 2. The summed E-state index contributed by atoms with van der Waals surface area (Å²) in [6.07, 6.45) is 0. The van der Waals surface area contributed by atoms with Gasteiger partial charge in [0.25, 0.3) is 0 Å². The van der Waals surface area contributed by atoms with E-state index in [2.05, 4.69) is 5.43 Å². The zero-order valence-electron chi connectivity index (χ0n) is 8.59. The fraction of sp³-hybridized carbons (Fsp3) is 0.875. The van der Waals surface area contributed by atoms with Crippen molar-refractivity contribution in [3.8, 4) is 0 Å². The number of likely N-dealkylation sites (N-methyl/N-ethyl adjacent to an activating group) is 1. The molecule has 0 aliphatic rings. The summed E-state index contributed by atoms with van der Waals surface area (Å²) in [6, 6.07) is 0.265. The molecule has 0 heterocycles. The van der Waals surface area contributed by atoms with Crippen LogP contribution in [0.2, 0.25) is 0 Å². The van der Waals surface area contributed by atoms with Crippen LogP contribution in [-0.4, -0.2) is 49.5 Å². The largest absolute Gasteiger partial charge is 0.342 e. The van der Waals surface area contributed by atoms with Gasteiger partial charge in [0.1, 0.15) is 0 Å². The fourth-order valence-corrected chi connectivity index (χ4v) is 0.638. The third-order valence-corrected chi connectivity index (χ3v) is 1.71. The molecule has 0 bridgehead atoms. The van der Waals surface area contributed by atoms with Gasteiger partial charge in [-0.25, -0.2) is 5.43 Å². The van der Waals surface area contributed by atoms with Crippen molar-refractivity contribution in [3.63, 3.8) is 0 Å². The zero-order valence-corrected chi connectivity index (χ0v) is 8.59. The van der Waals surface area contributed by atoms with Crippen molar-refractivity contribution in [2.45, 2.75) is 19.9 Å². The average molecular weight is 173 g/mol. The van der Waals surface area contributed by atoms with Gasteiger partial charge in [-0.2, -0.15) is 0 Å². The maximum absolute atomic E-state index is 11.3. The van der Waals surface area contributed by atoms with Crippen LogP contribution in [0.4, 0.5) is 0 Å².